The predicted molar refractivity (Wildman–Crippen MR) is 85.3 cm³/mol. The van der Waals surface area contributed by atoms with E-state index >= 15 is 0 Å². The molecule has 0 amide bonds. The van der Waals surface area contributed by atoms with Crippen molar-refractivity contribution in [2.75, 3.05) is 13.1 Å². The van der Waals surface area contributed by atoms with Gasteiger partial charge in [0.1, 0.15) is 0 Å². The topological polar surface area (TPSA) is 37.8 Å². The van der Waals surface area contributed by atoms with Gasteiger partial charge in [-0.25, -0.2) is 4.98 Å². The Hall–Kier alpha value is -2.26. The minimum Gasteiger partial charge on any atom is -0.316 e. The maximum absolute atomic E-state index is 4.80. The van der Waals surface area contributed by atoms with Crippen molar-refractivity contribution < 1.29 is 0 Å². The zero-order chi connectivity index (χ0) is 14.1. The second kappa shape index (κ2) is 5.26. The Kier molecular flexibility index (Phi) is 3.13. The van der Waals surface area contributed by atoms with Gasteiger partial charge in [0.05, 0.1) is 22.9 Å². The van der Waals surface area contributed by atoms with Crippen LogP contribution in [0.1, 0.15) is 11.1 Å². The molecular weight excluding hydrogens is 258 g/mol. The molecule has 1 aromatic heterocycles. The molecule has 3 nitrogen and oxygen atoms in total. The Morgan fingerprint density at radius 3 is 2.33 bits per heavy atom. The molecule has 0 spiro atoms. The first-order chi connectivity index (χ1) is 10.4. The van der Waals surface area contributed by atoms with E-state index in [1.54, 1.807) is 0 Å². The molecule has 1 aliphatic heterocycles. The molecule has 1 aliphatic rings. The number of rotatable bonds is 1. The number of aromatic nitrogens is 2. The highest BCUT2D eigenvalue weighted by atomic mass is 14.9. The van der Waals surface area contributed by atoms with Gasteiger partial charge < -0.3 is 5.32 Å². The molecular formula is C18H17N3. The van der Waals surface area contributed by atoms with Crippen molar-refractivity contribution in [1.29, 1.82) is 0 Å². The number of fused-ring (bicyclic) bond motifs is 2. The van der Waals surface area contributed by atoms with Crippen molar-refractivity contribution in [3.63, 3.8) is 0 Å². The lowest BCUT2D eigenvalue weighted by Gasteiger charge is -2.08. The van der Waals surface area contributed by atoms with Crippen molar-refractivity contribution in [2.45, 2.75) is 12.8 Å². The van der Waals surface area contributed by atoms with Crippen molar-refractivity contribution >= 4 is 11.0 Å². The summed E-state index contributed by atoms with van der Waals surface area (Å²) in [7, 11) is 0. The number of nitrogens with zero attached hydrogens (tertiary/aromatic N) is 2. The summed E-state index contributed by atoms with van der Waals surface area (Å²) in [5.74, 6) is 0. The fraction of sp³-hybridized carbons (Fsp3) is 0.222. The Labute approximate surface area is 124 Å². The van der Waals surface area contributed by atoms with Crippen molar-refractivity contribution in [1.82, 2.24) is 15.3 Å². The number of hydrogen-bond donors (Lipinski definition) is 1. The van der Waals surface area contributed by atoms with E-state index < -0.39 is 0 Å². The standard InChI is InChI=1S/C18H17N3/c1-2-4-13(5-3-1)18-12-20-16-10-14-6-8-19-9-7-15(14)11-17(16)21-18/h1-5,10-12,19H,6-9H2. The van der Waals surface area contributed by atoms with E-state index in [4.69, 9.17) is 4.98 Å². The van der Waals surface area contributed by atoms with E-state index in [0.29, 0.717) is 0 Å². The second-order valence-electron chi connectivity index (χ2n) is 5.48. The smallest absolute Gasteiger partial charge is 0.0897 e. The Bertz CT molecular complexity index is 781. The molecule has 104 valence electrons. The van der Waals surface area contributed by atoms with E-state index in [0.717, 1.165) is 48.2 Å². The molecule has 1 N–H and O–H groups in total. The van der Waals surface area contributed by atoms with Crippen LogP contribution in [0.3, 0.4) is 0 Å². The molecule has 21 heavy (non-hydrogen) atoms. The van der Waals surface area contributed by atoms with Crippen LogP contribution < -0.4 is 5.32 Å². The summed E-state index contributed by atoms with van der Waals surface area (Å²) in [5.41, 5.74) is 6.87. The molecule has 0 unspecified atom stereocenters. The highest BCUT2D eigenvalue weighted by Crippen LogP contribution is 2.23. The summed E-state index contributed by atoms with van der Waals surface area (Å²) in [5, 5.41) is 3.45. The van der Waals surface area contributed by atoms with E-state index in [-0.39, 0.29) is 0 Å². The zero-order valence-corrected chi connectivity index (χ0v) is 11.8. The number of hydrogen-bond acceptors (Lipinski definition) is 3. The quantitative estimate of drug-likeness (QED) is 0.742. The molecule has 2 heterocycles. The van der Waals surface area contributed by atoms with Gasteiger partial charge in [-0.15, -0.1) is 0 Å². The summed E-state index contributed by atoms with van der Waals surface area (Å²) < 4.78 is 0. The van der Waals surface area contributed by atoms with Gasteiger partial charge in [-0.2, -0.15) is 0 Å². The van der Waals surface area contributed by atoms with Crippen molar-refractivity contribution in [2.24, 2.45) is 0 Å². The fourth-order valence-corrected chi connectivity index (χ4v) is 2.93. The third-order valence-corrected chi connectivity index (χ3v) is 4.08. The van der Waals surface area contributed by atoms with Crippen molar-refractivity contribution in [3.8, 4) is 11.3 Å². The maximum Gasteiger partial charge on any atom is 0.0897 e. The molecule has 0 saturated carbocycles. The summed E-state index contributed by atoms with van der Waals surface area (Å²) in [6.07, 6.45) is 4.02. The number of nitrogens with one attached hydrogen (secondary N) is 1. The van der Waals surface area contributed by atoms with Gasteiger partial charge in [-0.1, -0.05) is 30.3 Å². The van der Waals surface area contributed by atoms with E-state index in [1.807, 2.05) is 24.4 Å². The normalized spacial score (nSPS) is 14.7. The lowest BCUT2D eigenvalue weighted by Crippen LogP contribution is -2.16. The largest absolute Gasteiger partial charge is 0.316 e. The van der Waals surface area contributed by atoms with Gasteiger partial charge in [0.25, 0.3) is 0 Å². The van der Waals surface area contributed by atoms with Crippen LogP contribution in [0.4, 0.5) is 0 Å². The minimum atomic E-state index is 0.940. The van der Waals surface area contributed by atoms with Gasteiger partial charge in [0, 0.05) is 5.56 Å². The van der Waals surface area contributed by atoms with Crippen LogP contribution >= 0.6 is 0 Å². The van der Waals surface area contributed by atoms with E-state index in [2.05, 4.69) is 34.6 Å². The van der Waals surface area contributed by atoms with Crippen LogP contribution in [0.5, 0.6) is 0 Å². The Morgan fingerprint density at radius 1 is 0.857 bits per heavy atom. The van der Waals surface area contributed by atoms with Crippen LogP contribution in [0.2, 0.25) is 0 Å². The summed E-state index contributed by atoms with van der Waals surface area (Å²) in [6.45, 7) is 2.10. The SMILES string of the molecule is c1ccc(-c2cnc3cc4c(cc3n2)CCNCC4)cc1. The van der Waals surface area contributed by atoms with Gasteiger partial charge in [0.15, 0.2) is 0 Å². The molecule has 0 bridgehead atoms. The van der Waals surface area contributed by atoms with Crippen LogP contribution in [0, 0.1) is 0 Å². The third kappa shape index (κ3) is 2.41. The summed E-state index contributed by atoms with van der Waals surface area (Å²) in [6, 6.07) is 14.7. The highest BCUT2D eigenvalue weighted by Gasteiger charge is 2.10. The summed E-state index contributed by atoms with van der Waals surface area (Å²) in [4.78, 5) is 9.41. The zero-order valence-electron chi connectivity index (χ0n) is 11.8. The van der Waals surface area contributed by atoms with Gasteiger partial charge >= 0.3 is 0 Å². The van der Waals surface area contributed by atoms with E-state index in [9.17, 15) is 0 Å². The lowest BCUT2D eigenvalue weighted by atomic mass is 10.0. The fourth-order valence-electron chi connectivity index (χ4n) is 2.93. The van der Waals surface area contributed by atoms with Crippen LogP contribution in [0.25, 0.3) is 22.3 Å². The van der Waals surface area contributed by atoms with Gasteiger partial charge in [-0.05, 0) is 49.2 Å². The average Bonchev–Trinajstić information content (AvgIpc) is 2.78. The van der Waals surface area contributed by atoms with Crippen molar-refractivity contribution in [3.05, 3.63) is 59.8 Å². The number of benzene rings is 2. The molecule has 0 radical (unpaired) electrons. The molecule has 0 saturated heterocycles. The monoisotopic (exact) mass is 275 g/mol. The second-order valence-corrected chi connectivity index (χ2v) is 5.48. The van der Waals surface area contributed by atoms with Crippen LogP contribution in [-0.2, 0) is 12.8 Å². The molecule has 3 heteroatoms. The first-order valence-electron chi connectivity index (χ1n) is 7.45. The molecule has 0 fully saturated rings. The Morgan fingerprint density at radius 2 is 1.57 bits per heavy atom. The molecule has 0 atom stereocenters. The van der Waals surface area contributed by atoms with E-state index in [1.165, 1.54) is 11.1 Å². The third-order valence-electron chi connectivity index (χ3n) is 4.08. The van der Waals surface area contributed by atoms with Gasteiger partial charge in [-0.3, -0.25) is 4.98 Å². The summed E-state index contributed by atoms with van der Waals surface area (Å²) >= 11 is 0. The first kappa shape index (κ1) is 12.5. The highest BCUT2D eigenvalue weighted by molar-refractivity contribution is 5.79. The molecule has 4 rings (SSSR count). The maximum atomic E-state index is 4.80. The Balaban J connectivity index is 1.84. The first-order valence-corrected chi connectivity index (χ1v) is 7.45. The predicted octanol–water partition coefficient (Wildman–Crippen LogP) is 2.99. The van der Waals surface area contributed by atoms with Crippen LogP contribution in [-0.4, -0.2) is 23.1 Å². The lowest BCUT2D eigenvalue weighted by molar-refractivity contribution is 0.711. The molecule has 3 aromatic rings. The molecule has 2 aromatic carbocycles. The molecule has 0 aliphatic carbocycles. The average molecular weight is 275 g/mol. The van der Waals surface area contributed by atoms with Gasteiger partial charge in [0.2, 0.25) is 0 Å². The van der Waals surface area contributed by atoms with Crippen LogP contribution in [0.15, 0.2) is 48.7 Å². The minimum absolute atomic E-state index is 0.940.